The summed E-state index contributed by atoms with van der Waals surface area (Å²) in [6.07, 6.45) is 2.31. The molecular formula is C13H19BO5. The highest BCUT2D eigenvalue weighted by Gasteiger charge is 2.25. The maximum atomic E-state index is 8.68. The minimum atomic E-state index is -1.80. The molecule has 1 unspecified atom stereocenters. The summed E-state index contributed by atoms with van der Waals surface area (Å²) in [5.74, 6) is 1.13. The Labute approximate surface area is 113 Å². The van der Waals surface area contributed by atoms with Crippen LogP contribution in [-0.4, -0.2) is 35.7 Å². The zero-order valence-corrected chi connectivity index (χ0v) is 11.2. The zero-order chi connectivity index (χ0) is 13.8. The molecule has 19 heavy (non-hydrogen) atoms. The van der Waals surface area contributed by atoms with Gasteiger partial charge in [0.25, 0.3) is 0 Å². The van der Waals surface area contributed by atoms with Gasteiger partial charge in [0.2, 0.25) is 0 Å². The lowest BCUT2D eigenvalue weighted by Gasteiger charge is -2.32. The summed E-state index contributed by atoms with van der Waals surface area (Å²) in [6.45, 7) is 4.09. The van der Waals surface area contributed by atoms with Crippen LogP contribution in [0.4, 0.5) is 0 Å². The molecule has 1 aromatic carbocycles. The molecule has 1 aromatic rings. The van der Waals surface area contributed by atoms with Gasteiger partial charge >= 0.3 is 7.32 Å². The van der Waals surface area contributed by atoms with Crippen LogP contribution in [0.2, 0.25) is 0 Å². The molecule has 1 aliphatic rings. The summed E-state index contributed by atoms with van der Waals surface area (Å²) in [4.78, 5) is 0. The van der Waals surface area contributed by atoms with E-state index in [-0.39, 0.29) is 18.3 Å². The van der Waals surface area contributed by atoms with Crippen LogP contribution in [-0.2, 0) is 4.74 Å². The maximum absolute atomic E-state index is 8.68. The second-order valence-electron chi connectivity index (χ2n) is 4.88. The largest absolute Gasteiger partial charge is 0.707 e. The van der Waals surface area contributed by atoms with Crippen LogP contribution >= 0.6 is 0 Å². The monoisotopic (exact) mass is 266 g/mol. The van der Waals surface area contributed by atoms with Gasteiger partial charge in [-0.1, -0.05) is 0 Å². The van der Waals surface area contributed by atoms with E-state index >= 15 is 0 Å². The number of ether oxygens (including phenoxy) is 2. The van der Waals surface area contributed by atoms with Crippen molar-refractivity contribution in [1.29, 1.82) is 0 Å². The minimum absolute atomic E-state index is 0.147. The standard InChI is InChI=1S/C13H19BO5/c1-9-7-13(8-10(2)17-9)18-11-3-5-12(6-4-11)19-14(15)16/h3-6,9-10,13,15-16H,7-8H2,1-2H3/t9-,10+,13?. The van der Waals surface area contributed by atoms with Crippen LogP contribution in [0, 0.1) is 0 Å². The van der Waals surface area contributed by atoms with E-state index in [9.17, 15) is 0 Å². The van der Waals surface area contributed by atoms with Crippen LogP contribution in [0.15, 0.2) is 24.3 Å². The first-order chi connectivity index (χ1) is 9.02. The van der Waals surface area contributed by atoms with Gasteiger partial charge in [-0.3, -0.25) is 0 Å². The summed E-state index contributed by atoms with van der Waals surface area (Å²) in [5.41, 5.74) is 0. The molecule has 1 saturated heterocycles. The van der Waals surface area contributed by atoms with Gasteiger partial charge in [-0.2, -0.15) is 0 Å². The average molecular weight is 266 g/mol. The van der Waals surface area contributed by atoms with Crippen LogP contribution < -0.4 is 9.39 Å². The highest BCUT2D eigenvalue weighted by atomic mass is 16.6. The fourth-order valence-electron chi connectivity index (χ4n) is 2.35. The molecule has 0 bridgehead atoms. The van der Waals surface area contributed by atoms with Crippen LogP contribution in [0.3, 0.4) is 0 Å². The van der Waals surface area contributed by atoms with E-state index in [0.717, 1.165) is 18.6 Å². The molecule has 2 N–H and O–H groups in total. The molecule has 0 amide bonds. The first-order valence-electron chi connectivity index (χ1n) is 6.48. The van der Waals surface area contributed by atoms with Crippen molar-refractivity contribution < 1.29 is 24.2 Å². The lowest BCUT2D eigenvalue weighted by atomic mass is 10.0. The van der Waals surface area contributed by atoms with Gasteiger partial charge in [0.1, 0.15) is 17.6 Å². The predicted octanol–water partition coefficient (Wildman–Crippen LogP) is 1.37. The smallest absolute Gasteiger partial charge is 0.512 e. The van der Waals surface area contributed by atoms with Gasteiger partial charge in [-0.05, 0) is 38.1 Å². The maximum Gasteiger partial charge on any atom is 0.707 e. The van der Waals surface area contributed by atoms with Crippen molar-refractivity contribution in [3.05, 3.63) is 24.3 Å². The Bertz CT molecular complexity index is 385. The Kier molecular flexibility index (Phi) is 4.68. The fourth-order valence-corrected chi connectivity index (χ4v) is 2.35. The van der Waals surface area contributed by atoms with Crippen LogP contribution in [0.1, 0.15) is 26.7 Å². The summed E-state index contributed by atoms with van der Waals surface area (Å²) in [6, 6.07) is 6.78. The lowest BCUT2D eigenvalue weighted by Crippen LogP contribution is -2.35. The Morgan fingerprint density at radius 1 is 1.05 bits per heavy atom. The Balaban J connectivity index is 1.92. The average Bonchev–Trinajstić information content (AvgIpc) is 2.29. The van der Waals surface area contributed by atoms with Crippen molar-refractivity contribution in [1.82, 2.24) is 0 Å². The number of benzene rings is 1. The molecule has 1 aliphatic heterocycles. The summed E-state index contributed by atoms with van der Waals surface area (Å²) >= 11 is 0. The predicted molar refractivity (Wildman–Crippen MR) is 70.9 cm³/mol. The van der Waals surface area contributed by atoms with Gasteiger partial charge < -0.3 is 24.2 Å². The van der Waals surface area contributed by atoms with Crippen molar-refractivity contribution in [2.75, 3.05) is 0 Å². The summed E-state index contributed by atoms with van der Waals surface area (Å²) in [5, 5.41) is 17.4. The van der Waals surface area contributed by atoms with E-state index in [1.54, 1.807) is 24.3 Å². The van der Waals surface area contributed by atoms with E-state index in [4.69, 9.17) is 24.2 Å². The highest BCUT2D eigenvalue weighted by molar-refractivity contribution is 6.33. The molecule has 0 saturated carbocycles. The fraction of sp³-hybridized carbons (Fsp3) is 0.538. The van der Waals surface area contributed by atoms with Gasteiger partial charge in [0, 0.05) is 12.8 Å². The van der Waals surface area contributed by atoms with E-state index in [2.05, 4.69) is 0 Å². The SMILES string of the molecule is C[C@@H]1CC(Oc2ccc(OB(O)O)cc2)C[C@H](C)O1. The van der Waals surface area contributed by atoms with Crippen molar-refractivity contribution in [2.45, 2.75) is 45.0 Å². The molecule has 0 radical (unpaired) electrons. The molecule has 6 heteroatoms. The topological polar surface area (TPSA) is 68.2 Å². The third-order valence-electron chi connectivity index (χ3n) is 3.02. The molecule has 0 spiro atoms. The molecular weight excluding hydrogens is 247 g/mol. The van der Waals surface area contributed by atoms with Gasteiger partial charge in [0.15, 0.2) is 0 Å². The Morgan fingerprint density at radius 3 is 2.11 bits per heavy atom. The van der Waals surface area contributed by atoms with E-state index in [1.165, 1.54) is 0 Å². The third kappa shape index (κ3) is 4.42. The highest BCUT2D eigenvalue weighted by Crippen LogP contribution is 2.25. The molecule has 0 aliphatic carbocycles. The van der Waals surface area contributed by atoms with Gasteiger partial charge in [0.05, 0.1) is 12.2 Å². The minimum Gasteiger partial charge on any atom is -0.512 e. The van der Waals surface area contributed by atoms with Crippen molar-refractivity contribution >= 4 is 7.32 Å². The van der Waals surface area contributed by atoms with Crippen molar-refractivity contribution in [2.24, 2.45) is 0 Å². The second kappa shape index (κ2) is 6.28. The van der Waals surface area contributed by atoms with Crippen molar-refractivity contribution in [3.8, 4) is 11.5 Å². The van der Waals surface area contributed by atoms with Crippen molar-refractivity contribution in [3.63, 3.8) is 0 Å². The first-order valence-corrected chi connectivity index (χ1v) is 6.48. The lowest BCUT2D eigenvalue weighted by molar-refractivity contribution is -0.0721. The molecule has 5 nitrogen and oxygen atoms in total. The summed E-state index contributed by atoms with van der Waals surface area (Å²) < 4.78 is 16.3. The van der Waals surface area contributed by atoms with E-state index < -0.39 is 7.32 Å². The Morgan fingerprint density at radius 2 is 1.58 bits per heavy atom. The molecule has 104 valence electrons. The van der Waals surface area contributed by atoms with Crippen LogP contribution in [0.5, 0.6) is 11.5 Å². The van der Waals surface area contributed by atoms with E-state index in [0.29, 0.717) is 5.75 Å². The van der Waals surface area contributed by atoms with Gasteiger partial charge in [-0.25, -0.2) is 0 Å². The molecule has 3 atom stereocenters. The molecule has 2 rings (SSSR count). The van der Waals surface area contributed by atoms with Gasteiger partial charge in [-0.15, -0.1) is 0 Å². The zero-order valence-electron chi connectivity index (χ0n) is 11.2. The number of hydrogen-bond acceptors (Lipinski definition) is 5. The molecule has 1 heterocycles. The normalized spacial score (nSPS) is 26.8. The Hall–Kier alpha value is -1.24. The molecule has 1 fully saturated rings. The number of hydrogen-bond donors (Lipinski definition) is 2. The first kappa shape index (κ1) is 14.2. The number of rotatable bonds is 4. The molecule has 0 aromatic heterocycles. The summed E-state index contributed by atoms with van der Waals surface area (Å²) in [7, 11) is -1.80. The van der Waals surface area contributed by atoms with E-state index in [1.807, 2.05) is 13.8 Å². The second-order valence-corrected chi connectivity index (χ2v) is 4.88. The van der Waals surface area contributed by atoms with Crippen LogP contribution in [0.25, 0.3) is 0 Å². The quantitative estimate of drug-likeness (QED) is 0.805. The third-order valence-corrected chi connectivity index (χ3v) is 3.02.